The van der Waals surface area contributed by atoms with Gasteiger partial charge in [-0.15, -0.1) is 0 Å². The molecule has 24 heavy (non-hydrogen) atoms. The van der Waals surface area contributed by atoms with E-state index >= 15 is 0 Å². The molecule has 0 saturated heterocycles. The number of hydrogen-bond acceptors (Lipinski definition) is 5. The average molecular weight is 328 g/mol. The van der Waals surface area contributed by atoms with Crippen molar-refractivity contribution in [3.8, 4) is 0 Å². The van der Waals surface area contributed by atoms with Gasteiger partial charge in [0.1, 0.15) is 5.69 Å². The lowest BCUT2D eigenvalue weighted by molar-refractivity contribution is 0.0779. The van der Waals surface area contributed by atoms with Crippen molar-refractivity contribution in [2.75, 3.05) is 32.6 Å². The van der Waals surface area contributed by atoms with Crippen LogP contribution in [-0.4, -0.2) is 48.1 Å². The fourth-order valence-corrected chi connectivity index (χ4v) is 2.30. The Kier molecular flexibility index (Phi) is 6.69. The number of amides is 1. The highest BCUT2D eigenvalue weighted by molar-refractivity contribution is 5.92. The largest absolute Gasteiger partial charge is 0.385 e. The van der Waals surface area contributed by atoms with E-state index in [2.05, 4.69) is 15.3 Å². The molecule has 0 aliphatic carbocycles. The molecule has 1 N–H and O–H groups in total. The number of rotatable bonds is 8. The molecule has 0 radical (unpaired) electrons. The van der Waals surface area contributed by atoms with E-state index in [1.54, 1.807) is 25.1 Å². The van der Waals surface area contributed by atoms with E-state index in [9.17, 15) is 4.79 Å². The summed E-state index contributed by atoms with van der Waals surface area (Å²) in [7, 11) is 3.45. The number of ether oxygens (including phenoxy) is 1. The van der Waals surface area contributed by atoms with E-state index in [1.165, 1.54) is 0 Å². The van der Waals surface area contributed by atoms with E-state index in [0.29, 0.717) is 31.3 Å². The molecule has 1 aromatic heterocycles. The number of benzene rings is 1. The predicted molar refractivity (Wildman–Crippen MR) is 94.0 cm³/mol. The number of hydrogen-bond donors (Lipinski definition) is 1. The molecular weight excluding hydrogens is 304 g/mol. The molecule has 0 aliphatic heterocycles. The second-order valence-electron chi connectivity index (χ2n) is 5.64. The van der Waals surface area contributed by atoms with Gasteiger partial charge >= 0.3 is 0 Å². The van der Waals surface area contributed by atoms with Crippen LogP contribution in [0.25, 0.3) is 0 Å². The van der Waals surface area contributed by atoms with Crippen molar-refractivity contribution in [3.05, 3.63) is 53.3 Å². The molecule has 1 aromatic carbocycles. The van der Waals surface area contributed by atoms with Crippen LogP contribution in [0.1, 0.15) is 28.2 Å². The maximum Gasteiger partial charge on any atom is 0.272 e. The van der Waals surface area contributed by atoms with Crippen LogP contribution in [0.15, 0.2) is 36.4 Å². The molecule has 0 fully saturated rings. The third kappa shape index (κ3) is 5.31. The van der Waals surface area contributed by atoms with Crippen molar-refractivity contribution < 1.29 is 9.53 Å². The molecule has 1 amide bonds. The van der Waals surface area contributed by atoms with Gasteiger partial charge in [0, 0.05) is 39.5 Å². The lowest BCUT2D eigenvalue weighted by Crippen LogP contribution is -2.27. The van der Waals surface area contributed by atoms with Gasteiger partial charge < -0.3 is 15.0 Å². The minimum atomic E-state index is -0.121. The summed E-state index contributed by atoms with van der Waals surface area (Å²) >= 11 is 0. The smallest absolute Gasteiger partial charge is 0.272 e. The van der Waals surface area contributed by atoms with Crippen LogP contribution in [0.2, 0.25) is 0 Å². The number of methoxy groups -OCH3 is 1. The highest BCUT2D eigenvalue weighted by atomic mass is 16.5. The topological polar surface area (TPSA) is 67.3 Å². The molecule has 128 valence electrons. The Labute approximate surface area is 142 Å². The number of carbonyl (C=O) groups is 1. The SMILES string of the molecule is COCCCNc1nc(C)cc(C(=O)N(C)Cc2ccccc2)n1. The Hall–Kier alpha value is -2.47. The van der Waals surface area contributed by atoms with Crippen LogP contribution >= 0.6 is 0 Å². The summed E-state index contributed by atoms with van der Waals surface area (Å²) in [5.41, 5.74) is 2.24. The Morgan fingerprint density at radius 2 is 2.00 bits per heavy atom. The number of nitrogens with zero attached hydrogens (tertiary/aromatic N) is 3. The van der Waals surface area contributed by atoms with Gasteiger partial charge in [-0.25, -0.2) is 9.97 Å². The van der Waals surface area contributed by atoms with Gasteiger partial charge in [-0.2, -0.15) is 0 Å². The van der Waals surface area contributed by atoms with E-state index in [0.717, 1.165) is 17.7 Å². The van der Waals surface area contributed by atoms with Crippen LogP contribution in [0.4, 0.5) is 5.95 Å². The van der Waals surface area contributed by atoms with Gasteiger partial charge in [-0.3, -0.25) is 4.79 Å². The van der Waals surface area contributed by atoms with E-state index in [1.807, 2.05) is 37.3 Å². The van der Waals surface area contributed by atoms with Crippen LogP contribution in [0.5, 0.6) is 0 Å². The van der Waals surface area contributed by atoms with Crippen molar-refractivity contribution in [1.29, 1.82) is 0 Å². The zero-order chi connectivity index (χ0) is 17.4. The summed E-state index contributed by atoms with van der Waals surface area (Å²) in [6.07, 6.45) is 0.852. The molecule has 2 rings (SSSR count). The van der Waals surface area contributed by atoms with Gasteiger partial charge in [0.25, 0.3) is 5.91 Å². The second kappa shape index (κ2) is 8.98. The number of aromatic nitrogens is 2. The van der Waals surface area contributed by atoms with Crippen LogP contribution in [-0.2, 0) is 11.3 Å². The summed E-state index contributed by atoms with van der Waals surface area (Å²) in [5, 5.41) is 3.13. The fraction of sp³-hybridized carbons (Fsp3) is 0.389. The van der Waals surface area contributed by atoms with Crippen LogP contribution in [0, 0.1) is 6.92 Å². The molecule has 0 unspecified atom stereocenters. The fourth-order valence-electron chi connectivity index (χ4n) is 2.30. The Bertz CT molecular complexity index is 661. The summed E-state index contributed by atoms with van der Waals surface area (Å²) in [6, 6.07) is 11.6. The maximum absolute atomic E-state index is 12.6. The first-order chi connectivity index (χ1) is 11.6. The first-order valence-electron chi connectivity index (χ1n) is 7.98. The van der Waals surface area contributed by atoms with Gasteiger partial charge in [0.05, 0.1) is 0 Å². The second-order valence-corrected chi connectivity index (χ2v) is 5.64. The van der Waals surface area contributed by atoms with Gasteiger partial charge in [-0.05, 0) is 25.0 Å². The molecule has 1 heterocycles. The van der Waals surface area contributed by atoms with Gasteiger partial charge in [0.15, 0.2) is 0 Å². The maximum atomic E-state index is 12.6. The first kappa shape index (κ1) is 17.9. The summed E-state index contributed by atoms with van der Waals surface area (Å²) in [6.45, 7) is 3.77. The summed E-state index contributed by atoms with van der Waals surface area (Å²) < 4.78 is 5.01. The molecule has 0 spiro atoms. The molecule has 6 nitrogen and oxygen atoms in total. The van der Waals surface area contributed by atoms with Crippen molar-refractivity contribution >= 4 is 11.9 Å². The Morgan fingerprint density at radius 3 is 2.71 bits per heavy atom. The van der Waals surface area contributed by atoms with E-state index < -0.39 is 0 Å². The van der Waals surface area contributed by atoms with Crippen molar-refractivity contribution in [1.82, 2.24) is 14.9 Å². The quantitative estimate of drug-likeness (QED) is 0.754. The van der Waals surface area contributed by atoms with Gasteiger partial charge in [-0.1, -0.05) is 30.3 Å². The number of anilines is 1. The minimum Gasteiger partial charge on any atom is -0.385 e. The molecule has 2 aromatic rings. The van der Waals surface area contributed by atoms with Crippen LogP contribution < -0.4 is 5.32 Å². The number of nitrogens with one attached hydrogen (secondary N) is 1. The van der Waals surface area contributed by atoms with Crippen molar-refractivity contribution in [3.63, 3.8) is 0 Å². The molecule has 0 saturated carbocycles. The summed E-state index contributed by atoms with van der Waals surface area (Å²) in [5.74, 6) is 0.354. The third-order valence-electron chi connectivity index (χ3n) is 3.49. The highest BCUT2D eigenvalue weighted by Crippen LogP contribution is 2.10. The molecular formula is C18H24N4O2. The number of carbonyl (C=O) groups excluding carboxylic acids is 1. The zero-order valence-electron chi connectivity index (χ0n) is 14.5. The van der Waals surface area contributed by atoms with E-state index in [4.69, 9.17) is 4.74 Å². The molecule has 6 heteroatoms. The first-order valence-corrected chi connectivity index (χ1v) is 7.98. The standard InChI is InChI=1S/C18H24N4O2/c1-14-12-16(21-18(20-14)19-10-7-11-24-3)17(23)22(2)13-15-8-5-4-6-9-15/h4-6,8-9,12H,7,10-11,13H2,1-3H3,(H,19,20,21). The van der Waals surface area contributed by atoms with Gasteiger partial charge in [0.2, 0.25) is 5.95 Å². The van der Waals surface area contributed by atoms with Crippen molar-refractivity contribution in [2.24, 2.45) is 0 Å². The average Bonchev–Trinajstić information content (AvgIpc) is 2.58. The molecule has 0 aliphatic rings. The van der Waals surface area contributed by atoms with E-state index in [-0.39, 0.29) is 5.91 Å². The molecule has 0 atom stereocenters. The Balaban J connectivity index is 2.03. The predicted octanol–water partition coefficient (Wildman–Crippen LogP) is 2.51. The minimum absolute atomic E-state index is 0.121. The molecule has 0 bridgehead atoms. The van der Waals surface area contributed by atoms with Crippen LogP contribution in [0.3, 0.4) is 0 Å². The van der Waals surface area contributed by atoms with Crippen molar-refractivity contribution in [2.45, 2.75) is 19.9 Å². The monoisotopic (exact) mass is 328 g/mol. The lowest BCUT2D eigenvalue weighted by atomic mass is 10.2. The highest BCUT2D eigenvalue weighted by Gasteiger charge is 2.15. The zero-order valence-corrected chi connectivity index (χ0v) is 14.5. The lowest BCUT2D eigenvalue weighted by Gasteiger charge is -2.17. The third-order valence-corrected chi connectivity index (χ3v) is 3.49. The Morgan fingerprint density at radius 1 is 1.25 bits per heavy atom. The number of aryl methyl sites for hydroxylation is 1. The normalized spacial score (nSPS) is 10.5. The summed E-state index contributed by atoms with van der Waals surface area (Å²) in [4.78, 5) is 22.9.